The Balaban J connectivity index is 0.00000180. The molecule has 6 nitrogen and oxygen atoms in total. The number of nitrogens with zero attached hydrogens (tertiary/aromatic N) is 1. The van der Waals surface area contributed by atoms with Gasteiger partial charge in [0, 0.05) is 24.4 Å². The number of nitrogens with one attached hydrogen (secondary N) is 2. The lowest BCUT2D eigenvalue weighted by Crippen LogP contribution is -2.04. The molecule has 0 aliphatic carbocycles. The number of rotatable bonds is 5. The molecule has 0 unspecified atom stereocenters. The molecule has 0 aliphatic rings. The van der Waals surface area contributed by atoms with E-state index in [9.17, 15) is 0 Å². The highest BCUT2D eigenvalue weighted by atomic mass is 35.5. The number of aromatic amines is 1. The molecule has 104 valence electrons. The van der Waals surface area contributed by atoms with Crippen molar-refractivity contribution in [2.45, 2.75) is 6.54 Å². The summed E-state index contributed by atoms with van der Waals surface area (Å²) < 4.78 is 10.5. The van der Waals surface area contributed by atoms with Crippen molar-refractivity contribution in [3.63, 3.8) is 0 Å². The predicted molar refractivity (Wildman–Crippen MR) is 77.1 cm³/mol. The molecular formula is C12H17ClN4O2. The average Bonchev–Trinajstić information content (AvgIpc) is 2.81. The Hall–Kier alpha value is -2.08. The van der Waals surface area contributed by atoms with Gasteiger partial charge < -0.3 is 20.5 Å². The van der Waals surface area contributed by atoms with Crippen LogP contribution in [0.4, 0.5) is 11.5 Å². The monoisotopic (exact) mass is 284 g/mol. The normalized spacial score (nSPS) is 9.58. The van der Waals surface area contributed by atoms with E-state index >= 15 is 0 Å². The molecule has 0 spiro atoms. The lowest BCUT2D eigenvalue weighted by molar-refractivity contribution is 0.391. The van der Waals surface area contributed by atoms with Crippen LogP contribution in [0.15, 0.2) is 24.4 Å². The van der Waals surface area contributed by atoms with Gasteiger partial charge in [0.15, 0.2) is 5.82 Å². The SMILES string of the molecule is COc1ccc(CNc2n[nH]cc2N)c(OC)c1.Cl. The van der Waals surface area contributed by atoms with Crippen molar-refractivity contribution in [1.82, 2.24) is 10.2 Å². The van der Waals surface area contributed by atoms with Crippen LogP contribution in [0.25, 0.3) is 0 Å². The van der Waals surface area contributed by atoms with Crippen molar-refractivity contribution in [3.8, 4) is 11.5 Å². The summed E-state index contributed by atoms with van der Waals surface area (Å²) in [5.74, 6) is 2.15. The van der Waals surface area contributed by atoms with E-state index in [0.717, 1.165) is 17.1 Å². The van der Waals surface area contributed by atoms with Crippen LogP contribution in [0.1, 0.15) is 5.56 Å². The van der Waals surface area contributed by atoms with Crippen LogP contribution in [0, 0.1) is 0 Å². The van der Waals surface area contributed by atoms with Gasteiger partial charge in [-0.25, -0.2) is 0 Å². The molecule has 0 atom stereocenters. The molecule has 1 heterocycles. The lowest BCUT2D eigenvalue weighted by atomic mass is 10.2. The van der Waals surface area contributed by atoms with Crippen molar-refractivity contribution in [2.75, 3.05) is 25.3 Å². The summed E-state index contributed by atoms with van der Waals surface area (Å²) in [5, 5.41) is 9.82. The number of hydrogen-bond donors (Lipinski definition) is 3. The summed E-state index contributed by atoms with van der Waals surface area (Å²) in [6.07, 6.45) is 1.63. The second-order valence-electron chi connectivity index (χ2n) is 3.72. The topological polar surface area (TPSA) is 85.2 Å². The van der Waals surface area contributed by atoms with Gasteiger partial charge in [-0.05, 0) is 12.1 Å². The fourth-order valence-corrected chi connectivity index (χ4v) is 1.62. The van der Waals surface area contributed by atoms with E-state index in [-0.39, 0.29) is 12.4 Å². The van der Waals surface area contributed by atoms with Gasteiger partial charge in [-0.1, -0.05) is 0 Å². The Morgan fingerprint density at radius 1 is 1.32 bits per heavy atom. The fourth-order valence-electron chi connectivity index (χ4n) is 1.62. The molecule has 1 aromatic heterocycles. The van der Waals surface area contributed by atoms with Crippen molar-refractivity contribution in [1.29, 1.82) is 0 Å². The quantitative estimate of drug-likeness (QED) is 0.782. The van der Waals surface area contributed by atoms with Crippen molar-refractivity contribution < 1.29 is 9.47 Å². The van der Waals surface area contributed by atoms with Gasteiger partial charge in [0.05, 0.1) is 19.9 Å². The molecule has 0 aliphatic heterocycles. The van der Waals surface area contributed by atoms with E-state index < -0.39 is 0 Å². The first-order chi connectivity index (χ1) is 8.74. The van der Waals surface area contributed by atoms with Crippen LogP contribution in [0.2, 0.25) is 0 Å². The minimum Gasteiger partial charge on any atom is -0.497 e. The number of nitrogens with two attached hydrogens (primary N) is 1. The van der Waals surface area contributed by atoms with E-state index in [0.29, 0.717) is 18.1 Å². The Kier molecular flexibility index (Phi) is 5.32. The van der Waals surface area contributed by atoms with Crippen LogP contribution >= 0.6 is 12.4 Å². The number of anilines is 2. The molecule has 0 saturated heterocycles. The third-order valence-electron chi connectivity index (χ3n) is 2.61. The Morgan fingerprint density at radius 3 is 2.68 bits per heavy atom. The predicted octanol–water partition coefficient (Wildman–Crippen LogP) is 2.04. The van der Waals surface area contributed by atoms with E-state index in [1.165, 1.54) is 0 Å². The Labute approximate surface area is 117 Å². The highest BCUT2D eigenvalue weighted by Gasteiger charge is 2.06. The maximum Gasteiger partial charge on any atom is 0.171 e. The summed E-state index contributed by atoms with van der Waals surface area (Å²) in [4.78, 5) is 0. The zero-order valence-electron chi connectivity index (χ0n) is 10.8. The number of hydrogen-bond acceptors (Lipinski definition) is 5. The van der Waals surface area contributed by atoms with E-state index in [1.807, 2.05) is 18.2 Å². The molecular weight excluding hydrogens is 268 g/mol. The van der Waals surface area contributed by atoms with Crippen LogP contribution in [0.5, 0.6) is 11.5 Å². The molecule has 0 bridgehead atoms. The molecule has 2 aromatic rings. The number of aromatic nitrogens is 2. The Bertz CT molecular complexity index is 530. The first kappa shape index (κ1) is 15.0. The Morgan fingerprint density at radius 2 is 2.11 bits per heavy atom. The van der Waals surface area contributed by atoms with Crippen molar-refractivity contribution in [3.05, 3.63) is 30.0 Å². The molecule has 4 N–H and O–H groups in total. The van der Waals surface area contributed by atoms with Crippen LogP contribution in [0.3, 0.4) is 0 Å². The van der Waals surface area contributed by atoms with Crippen LogP contribution in [-0.2, 0) is 6.54 Å². The standard InChI is InChI=1S/C12H16N4O2.ClH/c1-17-9-4-3-8(11(5-9)18-2)6-14-12-10(13)7-15-16-12;/h3-5,7H,6,13H2,1-2H3,(H2,14,15,16);1H. The first-order valence-corrected chi connectivity index (χ1v) is 5.48. The van der Waals surface area contributed by atoms with Gasteiger partial charge in [-0.2, -0.15) is 5.10 Å². The largest absolute Gasteiger partial charge is 0.497 e. The molecule has 0 amide bonds. The second kappa shape index (κ2) is 6.75. The fraction of sp³-hybridized carbons (Fsp3) is 0.250. The average molecular weight is 285 g/mol. The zero-order valence-corrected chi connectivity index (χ0v) is 11.6. The molecule has 7 heteroatoms. The van der Waals surface area contributed by atoms with Crippen molar-refractivity contribution >= 4 is 23.9 Å². The number of halogens is 1. The second-order valence-corrected chi connectivity index (χ2v) is 3.72. The van der Waals surface area contributed by atoms with Crippen LogP contribution < -0.4 is 20.5 Å². The third kappa shape index (κ3) is 3.45. The number of nitrogen functional groups attached to an aromatic ring is 1. The maximum atomic E-state index is 5.71. The summed E-state index contributed by atoms with van der Waals surface area (Å²) in [6, 6.07) is 5.66. The molecule has 0 saturated carbocycles. The summed E-state index contributed by atoms with van der Waals surface area (Å²) in [7, 11) is 3.25. The van der Waals surface area contributed by atoms with Gasteiger partial charge in [0.1, 0.15) is 11.5 Å². The minimum absolute atomic E-state index is 0. The first-order valence-electron chi connectivity index (χ1n) is 5.48. The molecule has 0 fully saturated rings. The zero-order chi connectivity index (χ0) is 13.0. The van der Waals surface area contributed by atoms with Gasteiger partial charge in [-0.3, -0.25) is 5.10 Å². The smallest absolute Gasteiger partial charge is 0.171 e. The third-order valence-corrected chi connectivity index (χ3v) is 2.61. The van der Waals surface area contributed by atoms with E-state index in [2.05, 4.69) is 15.5 Å². The highest BCUT2D eigenvalue weighted by molar-refractivity contribution is 5.85. The van der Waals surface area contributed by atoms with Gasteiger partial charge in [0.25, 0.3) is 0 Å². The van der Waals surface area contributed by atoms with Gasteiger partial charge >= 0.3 is 0 Å². The molecule has 1 aromatic carbocycles. The highest BCUT2D eigenvalue weighted by Crippen LogP contribution is 2.25. The lowest BCUT2D eigenvalue weighted by Gasteiger charge is -2.11. The number of H-pyrrole nitrogens is 1. The summed E-state index contributed by atoms with van der Waals surface area (Å²) in [5.41, 5.74) is 7.30. The number of methoxy groups -OCH3 is 2. The molecule has 19 heavy (non-hydrogen) atoms. The number of ether oxygens (including phenoxy) is 2. The summed E-state index contributed by atoms with van der Waals surface area (Å²) >= 11 is 0. The van der Waals surface area contributed by atoms with Gasteiger partial charge in [-0.15, -0.1) is 12.4 Å². The molecule has 2 rings (SSSR count). The summed E-state index contributed by atoms with van der Waals surface area (Å²) in [6.45, 7) is 0.572. The maximum absolute atomic E-state index is 5.71. The van der Waals surface area contributed by atoms with Crippen LogP contribution in [-0.4, -0.2) is 24.4 Å². The number of benzene rings is 1. The van der Waals surface area contributed by atoms with E-state index in [1.54, 1.807) is 20.4 Å². The minimum atomic E-state index is 0. The van der Waals surface area contributed by atoms with E-state index in [4.69, 9.17) is 15.2 Å². The van der Waals surface area contributed by atoms with Crippen molar-refractivity contribution in [2.24, 2.45) is 0 Å². The molecule has 0 radical (unpaired) electrons. The van der Waals surface area contributed by atoms with Gasteiger partial charge in [0.2, 0.25) is 0 Å².